The summed E-state index contributed by atoms with van der Waals surface area (Å²) >= 11 is 0. The van der Waals surface area contributed by atoms with E-state index in [4.69, 9.17) is 0 Å². The summed E-state index contributed by atoms with van der Waals surface area (Å²) in [5.74, 6) is 0. The highest BCUT2D eigenvalue weighted by atomic mass is 16.3. The van der Waals surface area contributed by atoms with Gasteiger partial charge in [0.15, 0.2) is 0 Å². The lowest BCUT2D eigenvalue weighted by molar-refractivity contribution is 0.157. The summed E-state index contributed by atoms with van der Waals surface area (Å²) in [5.41, 5.74) is -0.114. The van der Waals surface area contributed by atoms with E-state index in [1.165, 1.54) is 25.9 Å². The van der Waals surface area contributed by atoms with Gasteiger partial charge in [-0.3, -0.25) is 4.90 Å². The third-order valence-electron chi connectivity index (χ3n) is 4.20. The second kappa shape index (κ2) is 7.43. The smallest absolute Gasteiger partial charge is 0.0610 e. The van der Waals surface area contributed by atoms with Gasteiger partial charge < -0.3 is 15.3 Å². The average Bonchev–Trinajstić information content (AvgIpc) is 2.75. The number of aliphatic hydroxyl groups excluding tert-OH is 1. The Balaban J connectivity index is 2.29. The normalized spacial score (nSPS) is 24.7. The largest absolute Gasteiger partial charge is 0.394 e. The number of hydrogen-bond donors (Lipinski definition) is 2. The van der Waals surface area contributed by atoms with Gasteiger partial charge in [0.25, 0.3) is 0 Å². The summed E-state index contributed by atoms with van der Waals surface area (Å²) < 4.78 is 0. The molecule has 4 nitrogen and oxygen atoms in total. The molecule has 2 atom stereocenters. The van der Waals surface area contributed by atoms with Crippen molar-refractivity contribution in [2.45, 2.75) is 44.2 Å². The van der Waals surface area contributed by atoms with E-state index in [1.54, 1.807) is 0 Å². The first-order valence-electron chi connectivity index (χ1n) is 7.19. The van der Waals surface area contributed by atoms with E-state index in [9.17, 15) is 5.11 Å². The van der Waals surface area contributed by atoms with Gasteiger partial charge in [0.2, 0.25) is 0 Å². The molecule has 0 aromatic heterocycles. The van der Waals surface area contributed by atoms with E-state index < -0.39 is 0 Å². The van der Waals surface area contributed by atoms with Crippen LogP contribution in [0.5, 0.6) is 0 Å². The van der Waals surface area contributed by atoms with Crippen molar-refractivity contribution in [3.63, 3.8) is 0 Å². The van der Waals surface area contributed by atoms with Gasteiger partial charge in [-0.05, 0) is 66.8 Å². The highest BCUT2D eigenvalue weighted by Crippen LogP contribution is 2.19. The number of likely N-dealkylation sites (tertiary alicyclic amines) is 1. The molecule has 0 aliphatic carbocycles. The van der Waals surface area contributed by atoms with Gasteiger partial charge in [-0.1, -0.05) is 0 Å². The fourth-order valence-corrected chi connectivity index (χ4v) is 2.77. The van der Waals surface area contributed by atoms with Crippen LogP contribution >= 0.6 is 0 Å². The fourth-order valence-electron chi connectivity index (χ4n) is 2.77. The molecule has 1 aliphatic heterocycles. The Morgan fingerprint density at radius 2 is 2.17 bits per heavy atom. The molecule has 0 bridgehead atoms. The Morgan fingerprint density at radius 1 is 1.44 bits per heavy atom. The molecule has 0 spiro atoms. The molecule has 4 heteroatoms. The zero-order chi connectivity index (χ0) is 13.6. The van der Waals surface area contributed by atoms with Crippen LogP contribution in [-0.4, -0.2) is 73.9 Å². The maximum Gasteiger partial charge on any atom is 0.0610 e. The number of rotatable bonds is 8. The summed E-state index contributed by atoms with van der Waals surface area (Å²) in [6, 6.07) is 0.731. The molecular formula is C14H31N3O. The van der Waals surface area contributed by atoms with E-state index in [0.717, 1.165) is 25.4 Å². The van der Waals surface area contributed by atoms with E-state index in [-0.39, 0.29) is 12.1 Å². The quantitative estimate of drug-likeness (QED) is 0.673. The Morgan fingerprint density at radius 3 is 2.72 bits per heavy atom. The minimum Gasteiger partial charge on any atom is -0.394 e. The average molecular weight is 257 g/mol. The SMILES string of the molecule is CNC(C)(CO)CCCN1CCCC1CN(C)C. The van der Waals surface area contributed by atoms with Crippen molar-refractivity contribution in [2.75, 3.05) is 47.4 Å². The van der Waals surface area contributed by atoms with Crippen LogP contribution in [0.25, 0.3) is 0 Å². The molecule has 2 N–H and O–H groups in total. The van der Waals surface area contributed by atoms with E-state index in [0.29, 0.717) is 0 Å². The molecular weight excluding hydrogens is 226 g/mol. The predicted octanol–water partition coefficient (Wildman–Crippen LogP) is 0.763. The van der Waals surface area contributed by atoms with Crippen LogP contribution in [0.15, 0.2) is 0 Å². The van der Waals surface area contributed by atoms with E-state index >= 15 is 0 Å². The van der Waals surface area contributed by atoms with Crippen LogP contribution < -0.4 is 5.32 Å². The molecule has 18 heavy (non-hydrogen) atoms. The van der Waals surface area contributed by atoms with Gasteiger partial charge >= 0.3 is 0 Å². The van der Waals surface area contributed by atoms with Crippen molar-refractivity contribution >= 4 is 0 Å². The standard InChI is InChI=1S/C14H31N3O/c1-14(12-18,15-2)8-6-10-17-9-5-7-13(17)11-16(3)4/h13,15,18H,5-12H2,1-4H3. The minimum absolute atomic E-state index is 0.114. The van der Waals surface area contributed by atoms with Crippen molar-refractivity contribution in [3.8, 4) is 0 Å². The number of hydrogen-bond acceptors (Lipinski definition) is 4. The maximum absolute atomic E-state index is 9.37. The number of nitrogens with one attached hydrogen (secondary N) is 1. The summed E-state index contributed by atoms with van der Waals surface area (Å²) in [5, 5.41) is 12.6. The van der Waals surface area contributed by atoms with Gasteiger partial charge in [0.05, 0.1) is 6.61 Å². The Kier molecular flexibility index (Phi) is 6.57. The molecule has 2 unspecified atom stereocenters. The van der Waals surface area contributed by atoms with E-state index in [2.05, 4.69) is 36.1 Å². The van der Waals surface area contributed by atoms with Crippen molar-refractivity contribution in [3.05, 3.63) is 0 Å². The molecule has 0 aromatic carbocycles. The summed E-state index contributed by atoms with van der Waals surface area (Å²) in [6.45, 7) is 5.88. The van der Waals surface area contributed by atoms with Gasteiger partial charge in [-0.2, -0.15) is 0 Å². The number of aliphatic hydroxyl groups is 1. The van der Waals surface area contributed by atoms with Crippen LogP contribution in [0.2, 0.25) is 0 Å². The molecule has 1 fully saturated rings. The monoisotopic (exact) mass is 257 g/mol. The molecule has 1 saturated heterocycles. The third-order valence-corrected chi connectivity index (χ3v) is 4.20. The number of likely N-dealkylation sites (N-methyl/N-ethyl adjacent to an activating group) is 2. The Hall–Kier alpha value is -0.160. The summed E-state index contributed by atoms with van der Waals surface area (Å²) in [4.78, 5) is 4.90. The van der Waals surface area contributed by atoms with Gasteiger partial charge in [0, 0.05) is 18.1 Å². The van der Waals surface area contributed by atoms with Gasteiger partial charge in [-0.15, -0.1) is 0 Å². The lowest BCUT2D eigenvalue weighted by Crippen LogP contribution is -2.44. The predicted molar refractivity (Wildman–Crippen MR) is 76.9 cm³/mol. The molecule has 1 heterocycles. The molecule has 0 saturated carbocycles. The van der Waals surface area contributed by atoms with Gasteiger partial charge in [-0.25, -0.2) is 0 Å². The van der Waals surface area contributed by atoms with Crippen molar-refractivity contribution < 1.29 is 5.11 Å². The highest BCUT2D eigenvalue weighted by molar-refractivity contribution is 4.84. The van der Waals surface area contributed by atoms with Crippen LogP contribution in [0.3, 0.4) is 0 Å². The highest BCUT2D eigenvalue weighted by Gasteiger charge is 2.26. The van der Waals surface area contributed by atoms with Crippen LogP contribution in [0.4, 0.5) is 0 Å². The first-order chi connectivity index (χ1) is 8.50. The van der Waals surface area contributed by atoms with Crippen molar-refractivity contribution in [1.82, 2.24) is 15.1 Å². The minimum atomic E-state index is -0.114. The fraction of sp³-hybridized carbons (Fsp3) is 1.00. The zero-order valence-electron chi connectivity index (χ0n) is 12.6. The lowest BCUT2D eigenvalue weighted by Gasteiger charge is -2.30. The topological polar surface area (TPSA) is 38.7 Å². The first-order valence-corrected chi connectivity index (χ1v) is 7.19. The summed E-state index contributed by atoms with van der Waals surface area (Å²) in [7, 11) is 6.24. The molecule has 0 aromatic rings. The second-order valence-electron chi connectivity index (χ2n) is 6.17. The second-order valence-corrected chi connectivity index (χ2v) is 6.17. The first kappa shape index (κ1) is 15.9. The van der Waals surface area contributed by atoms with E-state index in [1.807, 2.05) is 7.05 Å². The Bertz CT molecular complexity index is 229. The molecule has 0 amide bonds. The van der Waals surface area contributed by atoms with Crippen LogP contribution in [0.1, 0.15) is 32.6 Å². The lowest BCUT2D eigenvalue weighted by atomic mass is 9.97. The molecule has 1 rings (SSSR count). The van der Waals surface area contributed by atoms with Crippen molar-refractivity contribution in [1.29, 1.82) is 0 Å². The van der Waals surface area contributed by atoms with Gasteiger partial charge in [0.1, 0.15) is 0 Å². The third kappa shape index (κ3) is 4.84. The van der Waals surface area contributed by atoms with Crippen molar-refractivity contribution in [2.24, 2.45) is 0 Å². The molecule has 1 aliphatic rings. The van der Waals surface area contributed by atoms with Crippen LogP contribution in [-0.2, 0) is 0 Å². The molecule has 0 radical (unpaired) electrons. The van der Waals surface area contributed by atoms with Crippen LogP contribution in [0, 0.1) is 0 Å². The number of nitrogens with zero attached hydrogens (tertiary/aromatic N) is 2. The Labute approximate surface area is 112 Å². The summed E-state index contributed by atoms with van der Waals surface area (Å²) in [6.07, 6.45) is 4.86. The zero-order valence-corrected chi connectivity index (χ0v) is 12.6. The maximum atomic E-state index is 9.37. The molecule has 108 valence electrons.